The standard InChI is InChI=1S/C20H28ClN5O/c1-13(2)26-12-15-6-9-17(10-18(15)25-26)24-20(22-3)23-11-19(27)14-4-7-16(21)8-5-14/h4-5,7-8,12-13,17,19,27H,6,9-11H2,1-3H3,(H2,22,23,24). The van der Waals surface area contributed by atoms with Gasteiger partial charge in [-0.05, 0) is 49.9 Å². The van der Waals surface area contributed by atoms with E-state index in [0.717, 1.165) is 24.8 Å². The molecule has 6 nitrogen and oxygen atoms in total. The largest absolute Gasteiger partial charge is 0.387 e. The van der Waals surface area contributed by atoms with E-state index in [-0.39, 0.29) is 6.04 Å². The average molecular weight is 390 g/mol. The van der Waals surface area contributed by atoms with Gasteiger partial charge < -0.3 is 15.7 Å². The van der Waals surface area contributed by atoms with Crippen LogP contribution in [0.4, 0.5) is 0 Å². The van der Waals surface area contributed by atoms with E-state index < -0.39 is 6.10 Å². The maximum atomic E-state index is 10.3. The zero-order valence-corrected chi connectivity index (χ0v) is 16.9. The number of benzene rings is 1. The number of hydrogen-bond acceptors (Lipinski definition) is 3. The first-order chi connectivity index (χ1) is 13.0. The molecule has 2 aromatic rings. The van der Waals surface area contributed by atoms with Gasteiger partial charge in [0.1, 0.15) is 0 Å². The van der Waals surface area contributed by atoms with Crippen molar-refractivity contribution in [2.45, 2.75) is 51.3 Å². The lowest BCUT2D eigenvalue weighted by Crippen LogP contribution is -2.46. The Morgan fingerprint density at radius 3 is 2.78 bits per heavy atom. The molecule has 1 heterocycles. The van der Waals surface area contributed by atoms with Crippen molar-refractivity contribution in [2.75, 3.05) is 13.6 Å². The van der Waals surface area contributed by atoms with E-state index in [2.05, 4.69) is 35.7 Å². The lowest BCUT2D eigenvalue weighted by Gasteiger charge is -2.25. The van der Waals surface area contributed by atoms with Gasteiger partial charge in [-0.1, -0.05) is 23.7 Å². The molecule has 0 aliphatic heterocycles. The normalized spacial score (nSPS) is 18.3. The van der Waals surface area contributed by atoms with Crippen LogP contribution in [0.3, 0.4) is 0 Å². The van der Waals surface area contributed by atoms with Crippen molar-refractivity contribution in [3.05, 3.63) is 52.3 Å². The number of aliphatic hydroxyl groups is 1. The SMILES string of the molecule is CN=C(NCC(O)c1ccc(Cl)cc1)NC1CCc2cn(C(C)C)nc2C1. The molecule has 0 fully saturated rings. The summed E-state index contributed by atoms with van der Waals surface area (Å²) in [7, 11) is 1.74. The van der Waals surface area contributed by atoms with Crippen LogP contribution >= 0.6 is 11.6 Å². The number of nitrogens with zero attached hydrogens (tertiary/aromatic N) is 3. The molecule has 2 unspecified atom stereocenters. The number of aliphatic hydroxyl groups excluding tert-OH is 1. The van der Waals surface area contributed by atoms with Crippen LogP contribution in [0.1, 0.15) is 49.2 Å². The molecule has 0 saturated carbocycles. The molecule has 1 aliphatic carbocycles. The number of halogens is 1. The molecule has 3 N–H and O–H groups in total. The van der Waals surface area contributed by atoms with Crippen molar-refractivity contribution in [2.24, 2.45) is 4.99 Å². The zero-order valence-electron chi connectivity index (χ0n) is 16.1. The number of hydrogen-bond donors (Lipinski definition) is 3. The van der Waals surface area contributed by atoms with E-state index in [4.69, 9.17) is 16.7 Å². The van der Waals surface area contributed by atoms with Gasteiger partial charge in [0.25, 0.3) is 0 Å². The van der Waals surface area contributed by atoms with Crippen molar-refractivity contribution >= 4 is 17.6 Å². The summed E-state index contributed by atoms with van der Waals surface area (Å²) in [5.74, 6) is 0.694. The second-order valence-corrected chi connectivity index (χ2v) is 7.72. The Labute approximate surface area is 165 Å². The summed E-state index contributed by atoms with van der Waals surface area (Å²) >= 11 is 5.90. The van der Waals surface area contributed by atoms with E-state index in [1.807, 2.05) is 16.8 Å². The van der Waals surface area contributed by atoms with Crippen LogP contribution in [0.5, 0.6) is 0 Å². The van der Waals surface area contributed by atoms with Crippen molar-refractivity contribution in [1.82, 2.24) is 20.4 Å². The third kappa shape index (κ3) is 5.02. The summed E-state index contributed by atoms with van der Waals surface area (Å²) in [5, 5.41) is 22.4. The summed E-state index contributed by atoms with van der Waals surface area (Å²) in [6, 6.07) is 7.89. The lowest BCUT2D eigenvalue weighted by molar-refractivity contribution is 0.180. The fourth-order valence-electron chi connectivity index (χ4n) is 3.28. The van der Waals surface area contributed by atoms with Crippen LogP contribution in [0, 0.1) is 0 Å². The minimum Gasteiger partial charge on any atom is -0.387 e. The van der Waals surface area contributed by atoms with E-state index in [9.17, 15) is 5.11 Å². The molecular weight excluding hydrogens is 362 g/mol. The molecular formula is C20H28ClN5O. The van der Waals surface area contributed by atoms with Crippen LogP contribution < -0.4 is 10.6 Å². The fraction of sp³-hybridized carbons (Fsp3) is 0.500. The van der Waals surface area contributed by atoms with Crippen molar-refractivity contribution in [1.29, 1.82) is 0 Å². The highest BCUT2D eigenvalue weighted by Crippen LogP contribution is 2.22. The molecule has 1 aromatic carbocycles. The highest BCUT2D eigenvalue weighted by molar-refractivity contribution is 6.30. The van der Waals surface area contributed by atoms with Gasteiger partial charge in [-0.25, -0.2) is 0 Å². The molecule has 7 heteroatoms. The lowest BCUT2D eigenvalue weighted by atomic mass is 9.94. The molecule has 2 atom stereocenters. The van der Waals surface area contributed by atoms with Crippen LogP contribution in [0.15, 0.2) is 35.5 Å². The number of aromatic nitrogens is 2. The molecule has 27 heavy (non-hydrogen) atoms. The summed E-state index contributed by atoms with van der Waals surface area (Å²) in [6.45, 7) is 4.67. The number of aliphatic imine (C=N–C) groups is 1. The highest BCUT2D eigenvalue weighted by Gasteiger charge is 2.23. The van der Waals surface area contributed by atoms with E-state index in [1.54, 1.807) is 19.2 Å². The number of fused-ring (bicyclic) bond motifs is 1. The Balaban J connectivity index is 1.53. The van der Waals surface area contributed by atoms with Gasteiger partial charge in [-0.2, -0.15) is 5.10 Å². The zero-order chi connectivity index (χ0) is 19.4. The molecule has 0 amide bonds. The van der Waals surface area contributed by atoms with Gasteiger partial charge in [-0.15, -0.1) is 0 Å². The fourth-order valence-corrected chi connectivity index (χ4v) is 3.41. The predicted octanol–water partition coefficient (Wildman–Crippen LogP) is 2.87. The van der Waals surface area contributed by atoms with Gasteiger partial charge in [0.15, 0.2) is 5.96 Å². The van der Waals surface area contributed by atoms with E-state index in [1.165, 1.54) is 11.3 Å². The van der Waals surface area contributed by atoms with Crippen LogP contribution in [-0.2, 0) is 12.8 Å². The number of rotatable bonds is 5. The third-order valence-corrected chi connectivity index (χ3v) is 5.16. The molecule has 1 aromatic heterocycles. The van der Waals surface area contributed by atoms with Crippen LogP contribution in [0.25, 0.3) is 0 Å². The van der Waals surface area contributed by atoms with Gasteiger partial charge >= 0.3 is 0 Å². The Hall–Kier alpha value is -2.05. The molecule has 0 saturated heterocycles. The second-order valence-electron chi connectivity index (χ2n) is 7.28. The number of aryl methyl sites for hydroxylation is 1. The monoisotopic (exact) mass is 389 g/mol. The first-order valence-corrected chi connectivity index (χ1v) is 9.81. The smallest absolute Gasteiger partial charge is 0.191 e. The Morgan fingerprint density at radius 1 is 1.37 bits per heavy atom. The maximum absolute atomic E-state index is 10.3. The minimum absolute atomic E-state index is 0.284. The summed E-state index contributed by atoms with van der Waals surface area (Å²) < 4.78 is 2.04. The summed E-state index contributed by atoms with van der Waals surface area (Å²) in [5.41, 5.74) is 3.34. The minimum atomic E-state index is -0.625. The Bertz CT molecular complexity index is 784. The van der Waals surface area contributed by atoms with E-state index in [0.29, 0.717) is 23.6 Å². The molecule has 3 rings (SSSR count). The molecule has 0 bridgehead atoms. The van der Waals surface area contributed by atoms with Crippen LogP contribution in [-0.4, -0.2) is 40.5 Å². The topological polar surface area (TPSA) is 74.5 Å². The van der Waals surface area contributed by atoms with Crippen molar-refractivity contribution in [3.8, 4) is 0 Å². The van der Waals surface area contributed by atoms with E-state index >= 15 is 0 Å². The second kappa shape index (κ2) is 8.76. The predicted molar refractivity (Wildman–Crippen MR) is 109 cm³/mol. The maximum Gasteiger partial charge on any atom is 0.191 e. The molecule has 1 aliphatic rings. The Morgan fingerprint density at radius 2 is 2.11 bits per heavy atom. The highest BCUT2D eigenvalue weighted by atomic mass is 35.5. The van der Waals surface area contributed by atoms with Crippen LogP contribution in [0.2, 0.25) is 5.02 Å². The molecule has 0 radical (unpaired) electrons. The first-order valence-electron chi connectivity index (χ1n) is 9.44. The quantitative estimate of drug-likeness (QED) is 0.543. The van der Waals surface area contributed by atoms with Crippen molar-refractivity contribution < 1.29 is 5.11 Å². The third-order valence-electron chi connectivity index (χ3n) is 4.91. The van der Waals surface area contributed by atoms with Crippen molar-refractivity contribution in [3.63, 3.8) is 0 Å². The number of nitrogens with one attached hydrogen (secondary N) is 2. The van der Waals surface area contributed by atoms with Gasteiger partial charge in [0.05, 0.1) is 11.8 Å². The molecule has 146 valence electrons. The molecule has 0 spiro atoms. The Kier molecular flexibility index (Phi) is 6.39. The number of guanidine groups is 1. The van der Waals surface area contributed by atoms with Gasteiger partial charge in [0.2, 0.25) is 0 Å². The first kappa shape index (κ1) is 19.7. The van der Waals surface area contributed by atoms with Gasteiger partial charge in [-0.3, -0.25) is 9.67 Å². The van der Waals surface area contributed by atoms with Gasteiger partial charge in [0, 0.05) is 43.3 Å². The summed E-state index contributed by atoms with van der Waals surface area (Å²) in [4.78, 5) is 4.29. The average Bonchev–Trinajstić information content (AvgIpc) is 3.09. The summed E-state index contributed by atoms with van der Waals surface area (Å²) in [6.07, 6.45) is 4.49.